The Balaban J connectivity index is 0.00000186. The van der Waals surface area contributed by atoms with Crippen molar-refractivity contribution in [2.75, 3.05) is 24.3 Å². The summed E-state index contributed by atoms with van der Waals surface area (Å²) >= 11 is 1.65. The summed E-state index contributed by atoms with van der Waals surface area (Å²) in [7, 11) is 1.79. The van der Waals surface area contributed by atoms with Gasteiger partial charge in [-0.05, 0) is 63.5 Å². The number of aliphatic imine (C=N–C) groups is 1. The molecule has 1 saturated carbocycles. The van der Waals surface area contributed by atoms with Gasteiger partial charge < -0.3 is 15.7 Å². The van der Waals surface area contributed by atoms with E-state index in [0.29, 0.717) is 18.4 Å². The maximum Gasteiger partial charge on any atom is 0.225 e. The van der Waals surface area contributed by atoms with Crippen LogP contribution in [0.15, 0.2) is 29.3 Å². The minimum Gasteiger partial charge on any atom is -0.396 e. The van der Waals surface area contributed by atoms with Crippen molar-refractivity contribution in [1.29, 1.82) is 0 Å². The van der Waals surface area contributed by atoms with E-state index < -0.39 is 0 Å². The first-order valence-electron chi connectivity index (χ1n) is 12.7. The fraction of sp³-hybridized carbons (Fsp3) is 0.448. The predicted octanol–water partition coefficient (Wildman–Crippen LogP) is 5.65. The number of aliphatic hydroxyl groups excluding tert-OH is 1. The van der Waals surface area contributed by atoms with Crippen LogP contribution < -0.4 is 10.6 Å². The molecule has 3 aromatic rings. The van der Waals surface area contributed by atoms with E-state index in [-0.39, 0.29) is 12.6 Å². The molecule has 0 radical (unpaired) electrons. The monoisotopic (exact) mass is 518 g/mol. The van der Waals surface area contributed by atoms with Gasteiger partial charge in [0.15, 0.2) is 0 Å². The van der Waals surface area contributed by atoms with E-state index in [2.05, 4.69) is 66.6 Å². The van der Waals surface area contributed by atoms with Crippen LogP contribution >= 0.6 is 11.3 Å². The summed E-state index contributed by atoms with van der Waals surface area (Å²) in [5.74, 6) is 1.75. The van der Waals surface area contributed by atoms with Gasteiger partial charge in [-0.2, -0.15) is 4.98 Å². The van der Waals surface area contributed by atoms with Crippen molar-refractivity contribution in [3.8, 4) is 23.4 Å². The number of aliphatic hydroxyl groups is 1. The molecule has 0 amide bonds. The van der Waals surface area contributed by atoms with Crippen LogP contribution in [0.25, 0.3) is 10.6 Å². The topological polar surface area (TPSA) is 95.3 Å². The minimum absolute atomic E-state index is 0.238. The molecule has 1 aromatic carbocycles. The number of thiazole rings is 1. The smallest absolute Gasteiger partial charge is 0.225 e. The van der Waals surface area contributed by atoms with Gasteiger partial charge in [0.05, 0.1) is 22.7 Å². The fourth-order valence-electron chi connectivity index (χ4n) is 4.60. The van der Waals surface area contributed by atoms with Crippen LogP contribution in [-0.2, 0) is 13.0 Å². The minimum atomic E-state index is 0.238. The van der Waals surface area contributed by atoms with Crippen molar-refractivity contribution in [3.05, 3.63) is 51.7 Å². The summed E-state index contributed by atoms with van der Waals surface area (Å²) < 4.78 is 0. The van der Waals surface area contributed by atoms with Crippen LogP contribution in [0.5, 0.6) is 0 Å². The van der Waals surface area contributed by atoms with Crippen molar-refractivity contribution < 1.29 is 5.11 Å². The first-order chi connectivity index (χ1) is 17.9. The Hall–Kier alpha value is -3.28. The molecule has 1 aliphatic rings. The molecule has 196 valence electrons. The quantitative estimate of drug-likeness (QED) is 0.250. The SMILES string of the molecule is C#C.CCc1ccc(CNc2nc(C)c(-c3nc(C(C)=NC)c(C)s3)c(N[C@H]3CC[C@@H](CO)C3)n2)cc1. The molecule has 1 aliphatic carbocycles. The van der Waals surface area contributed by atoms with Crippen molar-refractivity contribution in [1.82, 2.24) is 15.0 Å². The van der Waals surface area contributed by atoms with E-state index in [1.54, 1.807) is 18.4 Å². The third kappa shape index (κ3) is 6.94. The Bertz CT molecular complexity index is 1230. The molecule has 0 spiro atoms. The summed E-state index contributed by atoms with van der Waals surface area (Å²) in [6.07, 6.45) is 12.0. The van der Waals surface area contributed by atoms with Gasteiger partial charge in [0.1, 0.15) is 10.8 Å². The molecule has 2 aromatic heterocycles. The average Bonchev–Trinajstić information content (AvgIpc) is 3.54. The largest absolute Gasteiger partial charge is 0.396 e. The van der Waals surface area contributed by atoms with Crippen molar-refractivity contribution in [2.24, 2.45) is 10.9 Å². The standard InChI is InChI=1S/C27H36N6OS.C2H2/c1-6-19-7-9-20(10-8-19)14-29-27-30-16(2)23(26-32-24(17(3)28-5)18(4)35-26)25(33-27)31-22-12-11-21(13-22)15-34;1-2/h7-10,21-22,34H,6,11-15H2,1-5H3,(H2,29,30,31,33);1-2H/t21-,22+;/m1./s1. The summed E-state index contributed by atoms with van der Waals surface area (Å²) in [5.41, 5.74) is 6.20. The molecule has 37 heavy (non-hydrogen) atoms. The lowest BCUT2D eigenvalue weighted by molar-refractivity contribution is 0.229. The molecule has 0 aliphatic heterocycles. The summed E-state index contributed by atoms with van der Waals surface area (Å²) in [6, 6.07) is 8.91. The van der Waals surface area contributed by atoms with Crippen LogP contribution in [0.2, 0.25) is 0 Å². The second-order valence-corrected chi connectivity index (χ2v) is 10.5. The van der Waals surface area contributed by atoms with E-state index in [4.69, 9.17) is 15.0 Å². The Labute approximate surface area is 224 Å². The van der Waals surface area contributed by atoms with Gasteiger partial charge in [0.25, 0.3) is 0 Å². The maximum atomic E-state index is 9.61. The zero-order valence-corrected chi connectivity index (χ0v) is 23.3. The first-order valence-corrected chi connectivity index (χ1v) is 13.6. The number of hydrogen-bond donors (Lipinski definition) is 3. The molecular formula is C29H38N6OS. The number of aromatic nitrogens is 3. The highest BCUT2D eigenvalue weighted by atomic mass is 32.1. The van der Waals surface area contributed by atoms with Crippen molar-refractivity contribution >= 4 is 28.8 Å². The lowest BCUT2D eigenvalue weighted by Gasteiger charge is -2.18. The molecule has 1 fully saturated rings. The number of nitrogens with zero attached hydrogens (tertiary/aromatic N) is 4. The zero-order chi connectivity index (χ0) is 26.9. The predicted molar refractivity (Wildman–Crippen MR) is 156 cm³/mol. The molecule has 7 nitrogen and oxygen atoms in total. The number of anilines is 2. The molecule has 4 rings (SSSR count). The van der Waals surface area contributed by atoms with E-state index >= 15 is 0 Å². The summed E-state index contributed by atoms with van der Waals surface area (Å²) in [6.45, 7) is 9.15. The fourth-order valence-corrected chi connectivity index (χ4v) is 5.66. The van der Waals surface area contributed by atoms with Gasteiger partial charge in [0.2, 0.25) is 5.95 Å². The number of rotatable bonds is 9. The van der Waals surface area contributed by atoms with Gasteiger partial charge >= 0.3 is 0 Å². The number of hydrogen-bond acceptors (Lipinski definition) is 8. The van der Waals surface area contributed by atoms with Gasteiger partial charge in [-0.1, -0.05) is 31.2 Å². The molecule has 0 unspecified atom stereocenters. The molecule has 0 saturated heterocycles. The van der Waals surface area contributed by atoms with Gasteiger partial charge in [-0.3, -0.25) is 4.99 Å². The number of aryl methyl sites for hydroxylation is 3. The Kier molecular flexibility index (Phi) is 10.2. The number of benzene rings is 1. The number of nitrogens with one attached hydrogen (secondary N) is 2. The van der Waals surface area contributed by atoms with Gasteiger partial charge in [0, 0.05) is 31.1 Å². The Morgan fingerprint density at radius 3 is 2.43 bits per heavy atom. The maximum absolute atomic E-state index is 9.61. The Morgan fingerprint density at radius 1 is 1.11 bits per heavy atom. The molecular weight excluding hydrogens is 480 g/mol. The zero-order valence-electron chi connectivity index (χ0n) is 22.5. The summed E-state index contributed by atoms with van der Waals surface area (Å²) in [5, 5.41) is 17.6. The lowest BCUT2D eigenvalue weighted by atomic mass is 10.1. The Morgan fingerprint density at radius 2 is 1.81 bits per heavy atom. The average molecular weight is 519 g/mol. The second kappa shape index (κ2) is 13.3. The molecule has 0 bridgehead atoms. The highest BCUT2D eigenvalue weighted by Gasteiger charge is 2.27. The third-order valence-corrected chi connectivity index (χ3v) is 7.79. The van der Waals surface area contributed by atoms with E-state index in [0.717, 1.165) is 64.0 Å². The van der Waals surface area contributed by atoms with Crippen LogP contribution in [0.1, 0.15) is 60.5 Å². The summed E-state index contributed by atoms with van der Waals surface area (Å²) in [4.78, 5) is 20.1. The second-order valence-electron chi connectivity index (χ2n) is 9.32. The van der Waals surface area contributed by atoms with Gasteiger partial charge in [-0.25, -0.2) is 9.97 Å². The van der Waals surface area contributed by atoms with Gasteiger partial charge in [-0.15, -0.1) is 24.2 Å². The molecule has 8 heteroatoms. The number of terminal acetylenes is 1. The van der Waals surface area contributed by atoms with Crippen molar-refractivity contribution in [3.63, 3.8) is 0 Å². The van der Waals surface area contributed by atoms with Crippen LogP contribution in [0.3, 0.4) is 0 Å². The highest BCUT2D eigenvalue weighted by Crippen LogP contribution is 2.37. The van der Waals surface area contributed by atoms with Crippen molar-refractivity contribution in [2.45, 2.75) is 66.0 Å². The van der Waals surface area contributed by atoms with E-state index in [1.165, 1.54) is 11.1 Å². The van der Waals surface area contributed by atoms with E-state index in [1.807, 2.05) is 13.8 Å². The molecule has 2 atom stereocenters. The lowest BCUT2D eigenvalue weighted by Crippen LogP contribution is -2.19. The molecule has 3 N–H and O–H groups in total. The van der Waals surface area contributed by atoms with Crippen LogP contribution in [0.4, 0.5) is 11.8 Å². The first kappa shape index (κ1) is 28.3. The van der Waals surface area contributed by atoms with Crippen LogP contribution in [-0.4, -0.2) is 45.5 Å². The van der Waals surface area contributed by atoms with E-state index in [9.17, 15) is 5.11 Å². The highest BCUT2D eigenvalue weighted by molar-refractivity contribution is 7.15. The van der Waals surface area contributed by atoms with Crippen LogP contribution in [0, 0.1) is 32.6 Å². The normalized spacial score (nSPS) is 17.2. The third-order valence-electron chi connectivity index (χ3n) is 6.80. The molecule has 2 heterocycles.